The van der Waals surface area contributed by atoms with E-state index in [9.17, 15) is 0 Å². The van der Waals surface area contributed by atoms with Crippen molar-refractivity contribution >= 4 is 6.21 Å². The van der Waals surface area contributed by atoms with Crippen molar-refractivity contribution in [1.82, 2.24) is 0 Å². The molecule has 1 nitrogen and oxygen atoms in total. The lowest BCUT2D eigenvalue weighted by Crippen LogP contribution is -2.12. The van der Waals surface area contributed by atoms with Crippen molar-refractivity contribution in [1.29, 1.82) is 0 Å². The highest BCUT2D eigenvalue weighted by atomic mass is 14.8. The van der Waals surface area contributed by atoms with Crippen molar-refractivity contribution in [2.45, 2.75) is 25.3 Å². The van der Waals surface area contributed by atoms with Crippen molar-refractivity contribution in [3.63, 3.8) is 0 Å². The molecule has 2 aliphatic rings. The van der Waals surface area contributed by atoms with E-state index in [1.807, 2.05) is 6.21 Å². The van der Waals surface area contributed by atoms with Crippen LogP contribution in [0.4, 0.5) is 0 Å². The van der Waals surface area contributed by atoms with Gasteiger partial charge in [-0.3, -0.25) is 4.99 Å². The molecular weight excluding hydrogens is 122 g/mol. The number of fused-ring (bicyclic) bond motifs is 1. The average Bonchev–Trinajstić information content (AvgIpc) is 2.05. The summed E-state index contributed by atoms with van der Waals surface area (Å²) in [5, 5.41) is 0. The van der Waals surface area contributed by atoms with E-state index in [0.29, 0.717) is 6.04 Å². The Kier molecular flexibility index (Phi) is 1.42. The number of aliphatic imine (C=N–C) groups is 1. The molecule has 0 saturated heterocycles. The van der Waals surface area contributed by atoms with E-state index in [1.54, 1.807) is 0 Å². The van der Waals surface area contributed by atoms with Crippen molar-refractivity contribution < 1.29 is 0 Å². The summed E-state index contributed by atoms with van der Waals surface area (Å²) in [6, 6.07) is 0.499. The molecule has 0 amide bonds. The van der Waals surface area contributed by atoms with Gasteiger partial charge in [-0.2, -0.15) is 0 Å². The molecule has 2 rings (SSSR count). The van der Waals surface area contributed by atoms with Crippen LogP contribution in [0.15, 0.2) is 28.8 Å². The molecule has 1 aliphatic carbocycles. The van der Waals surface area contributed by atoms with Gasteiger partial charge in [-0.1, -0.05) is 18.2 Å². The van der Waals surface area contributed by atoms with Crippen LogP contribution in [0.1, 0.15) is 19.3 Å². The maximum absolute atomic E-state index is 4.41. The van der Waals surface area contributed by atoms with E-state index < -0.39 is 0 Å². The Balaban J connectivity index is 2.26. The second-order valence-corrected chi connectivity index (χ2v) is 2.77. The highest BCUT2D eigenvalue weighted by molar-refractivity contribution is 5.63. The van der Waals surface area contributed by atoms with Crippen LogP contribution in [0, 0.1) is 0 Å². The lowest BCUT2D eigenvalue weighted by Gasteiger charge is -2.19. The number of dihydropyridines is 1. The van der Waals surface area contributed by atoms with Crippen molar-refractivity contribution in [2.24, 2.45) is 4.99 Å². The summed E-state index contributed by atoms with van der Waals surface area (Å²) in [5.74, 6) is 0. The first-order valence-corrected chi connectivity index (χ1v) is 3.85. The molecule has 0 aromatic rings. The lowest BCUT2D eigenvalue weighted by molar-refractivity contribution is 0.688. The van der Waals surface area contributed by atoms with E-state index in [-0.39, 0.29) is 0 Å². The highest BCUT2D eigenvalue weighted by Gasteiger charge is 2.14. The van der Waals surface area contributed by atoms with Crippen LogP contribution >= 0.6 is 0 Å². The maximum Gasteiger partial charge on any atom is 0.0745 e. The molecular formula is C9H11N. The number of hydrogen-bond donors (Lipinski definition) is 0. The molecule has 0 spiro atoms. The lowest BCUT2D eigenvalue weighted by atomic mass is 9.94. The first-order valence-electron chi connectivity index (χ1n) is 3.85. The number of rotatable bonds is 0. The fourth-order valence-corrected chi connectivity index (χ4v) is 1.49. The monoisotopic (exact) mass is 133 g/mol. The zero-order valence-electron chi connectivity index (χ0n) is 5.96. The van der Waals surface area contributed by atoms with Crippen molar-refractivity contribution in [3.8, 4) is 0 Å². The predicted octanol–water partition coefficient (Wildman–Crippen LogP) is 2.11. The molecule has 1 heterocycles. The van der Waals surface area contributed by atoms with Gasteiger partial charge >= 0.3 is 0 Å². The van der Waals surface area contributed by atoms with Crippen molar-refractivity contribution in [3.05, 3.63) is 23.8 Å². The molecule has 0 radical (unpaired) electrons. The SMILES string of the molecule is C1=CC2=CCC=NC2CC1. The maximum atomic E-state index is 4.41. The summed E-state index contributed by atoms with van der Waals surface area (Å²) in [4.78, 5) is 4.41. The molecule has 0 fully saturated rings. The molecule has 0 saturated carbocycles. The fraction of sp³-hybridized carbons (Fsp3) is 0.444. The zero-order valence-corrected chi connectivity index (χ0v) is 5.96. The van der Waals surface area contributed by atoms with Gasteiger partial charge in [0.15, 0.2) is 0 Å². The van der Waals surface area contributed by atoms with Gasteiger partial charge in [0.25, 0.3) is 0 Å². The second kappa shape index (κ2) is 2.41. The summed E-state index contributed by atoms with van der Waals surface area (Å²) in [6.45, 7) is 0. The number of nitrogens with zero attached hydrogens (tertiary/aromatic N) is 1. The number of allylic oxidation sites excluding steroid dienone is 2. The van der Waals surface area contributed by atoms with Crippen LogP contribution in [0.3, 0.4) is 0 Å². The van der Waals surface area contributed by atoms with E-state index >= 15 is 0 Å². The number of hydrogen-bond acceptors (Lipinski definition) is 1. The van der Waals surface area contributed by atoms with E-state index in [2.05, 4.69) is 23.2 Å². The van der Waals surface area contributed by atoms with Crippen LogP contribution in [0.5, 0.6) is 0 Å². The summed E-state index contributed by atoms with van der Waals surface area (Å²) in [5.41, 5.74) is 1.42. The summed E-state index contributed by atoms with van der Waals surface area (Å²) in [7, 11) is 0. The molecule has 0 bridgehead atoms. The fourth-order valence-electron chi connectivity index (χ4n) is 1.49. The van der Waals surface area contributed by atoms with Gasteiger partial charge in [-0.25, -0.2) is 0 Å². The van der Waals surface area contributed by atoms with Gasteiger partial charge < -0.3 is 0 Å². The van der Waals surface area contributed by atoms with Crippen LogP contribution < -0.4 is 0 Å². The third-order valence-electron chi connectivity index (χ3n) is 2.05. The predicted molar refractivity (Wildman–Crippen MR) is 43.4 cm³/mol. The van der Waals surface area contributed by atoms with E-state index in [4.69, 9.17) is 0 Å². The van der Waals surface area contributed by atoms with Crippen molar-refractivity contribution in [2.75, 3.05) is 0 Å². The third-order valence-corrected chi connectivity index (χ3v) is 2.05. The van der Waals surface area contributed by atoms with Gasteiger partial charge in [-0.15, -0.1) is 0 Å². The molecule has 0 aromatic carbocycles. The van der Waals surface area contributed by atoms with Crippen LogP contribution in [-0.2, 0) is 0 Å². The molecule has 0 aromatic heterocycles. The molecule has 10 heavy (non-hydrogen) atoms. The van der Waals surface area contributed by atoms with Gasteiger partial charge in [-0.05, 0) is 18.4 Å². The molecule has 0 N–H and O–H groups in total. The molecule has 1 atom stereocenters. The Morgan fingerprint density at radius 1 is 1.50 bits per heavy atom. The average molecular weight is 133 g/mol. The Labute approximate surface area is 61.2 Å². The van der Waals surface area contributed by atoms with Crippen LogP contribution in [0.25, 0.3) is 0 Å². The zero-order chi connectivity index (χ0) is 6.81. The minimum atomic E-state index is 0.499. The Morgan fingerprint density at radius 2 is 2.50 bits per heavy atom. The van der Waals surface area contributed by atoms with E-state index in [1.165, 1.54) is 18.4 Å². The first kappa shape index (κ1) is 5.90. The Bertz CT molecular complexity index is 211. The minimum Gasteiger partial charge on any atom is -0.289 e. The van der Waals surface area contributed by atoms with Gasteiger partial charge in [0.1, 0.15) is 0 Å². The Hall–Kier alpha value is -0.850. The molecule has 1 unspecified atom stereocenters. The topological polar surface area (TPSA) is 12.4 Å². The smallest absolute Gasteiger partial charge is 0.0745 e. The minimum absolute atomic E-state index is 0.499. The van der Waals surface area contributed by atoms with Gasteiger partial charge in [0, 0.05) is 12.6 Å². The summed E-state index contributed by atoms with van der Waals surface area (Å²) < 4.78 is 0. The Morgan fingerprint density at radius 3 is 3.40 bits per heavy atom. The van der Waals surface area contributed by atoms with Gasteiger partial charge in [0.2, 0.25) is 0 Å². The molecule has 1 aliphatic heterocycles. The normalized spacial score (nSPS) is 29.6. The quantitative estimate of drug-likeness (QED) is 0.480. The van der Waals surface area contributed by atoms with Gasteiger partial charge in [0.05, 0.1) is 6.04 Å². The third kappa shape index (κ3) is 0.919. The van der Waals surface area contributed by atoms with E-state index in [0.717, 1.165) is 6.42 Å². The summed E-state index contributed by atoms with van der Waals surface area (Å²) >= 11 is 0. The second-order valence-electron chi connectivity index (χ2n) is 2.77. The summed E-state index contributed by atoms with van der Waals surface area (Å²) in [6.07, 6.45) is 12.2. The van der Waals surface area contributed by atoms with Crippen LogP contribution in [-0.4, -0.2) is 12.3 Å². The van der Waals surface area contributed by atoms with Crippen LogP contribution in [0.2, 0.25) is 0 Å². The first-order chi connectivity index (χ1) is 4.97. The highest BCUT2D eigenvalue weighted by Crippen LogP contribution is 2.22. The molecule has 52 valence electrons. The standard InChI is InChI=1S/C9H11N/c1-2-6-9-8(4-1)5-3-7-10-9/h1,4-5,7,9H,2-3,6H2. The molecule has 1 heteroatoms. The largest absolute Gasteiger partial charge is 0.289 e.